The monoisotopic (exact) mass is 428 g/mol. The molecule has 1 aliphatic carbocycles. The number of thiazole rings is 1. The average molecular weight is 429 g/mol. The van der Waals surface area contributed by atoms with Gasteiger partial charge in [-0.1, -0.05) is 34.1 Å². The number of carbonyl (C=O) groups is 1. The van der Waals surface area contributed by atoms with Crippen LogP contribution in [0.2, 0.25) is 0 Å². The van der Waals surface area contributed by atoms with E-state index >= 15 is 0 Å². The molecule has 0 saturated heterocycles. The second-order valence-electron chi connectivity index (χ2n) is 6.75. The molecule has 0 spiro atoms. The van der Waals surface area contributed by atoms with Crippen molar-refractivity contribution in [2.75, 3.05) is 5.32 Å². The minimum absolute atomic E-state index is 0.0592. The van der Waals surface area contributed by atoms with Crippen LogP contribution in [0, 0.1) is 5.41 Å². The summed E-state index contributed by atoms with van der Waals surface area (Å²) in [6.07, 6.45) is 2.29. The van der Waals surface area contributed by atoms with Crippen molar-refractivity contribution < 1.29 is 9.90 Å². The first-order chi connectivity index (χ1) is 12.5. The molecule has 1 amide bonds. The van der Waals surface area contributed by atoms with E-state index in [4.69, 9.17) is 0 Å². The number of benzene rings is 2. The number of fused-ring (bicyclic) bond motifs is 1. The fourth-order valence-corrected chi connectivity index (χ4v) is 4.58. The maximum Gasteiger partial charge on any atom is 0.233 e. The fraction of sp³-hybridized carbons (Fsp3) is 0.200. The van der Waals surface area contributed by atoms with E-state index in [9.17, 15) is 9.90 Å². The molecule has 2 aromatic carbocycles. The maximum absolute atomic E-state index is 13.2. The highest BCUT2D eigenvalue weighted by Gasteiger charge is 2.49. The molecule has 1 aromatic heterocycles. The van der Waals surface area contributed by atoms with Crippen molar-refractivity contribution in [3.63, 3.8) is 0 Å². The predicted molar refractivity (Wildman–Crippen MR) is 107 cm³/mol. The zero-order chi connectivity index (χ0) is 18.3. The number of amides is 1. The lowest BCUT2D eigenvalue weighted by molar-refractivity contribution is -0.125. The van der Waals surface area contributed by atoms with Crippen LogP contribution in [0.4, 0.5) is 5.13 Å². The first-order valence-corrected chi connectivity index (χ1v) is 9.93. The van der Waals surface area contributed by atoms with Gasteiger partial charge in [0.2, 0.25) is 5.91 Å². The average Bonchev–Trinajstić information content (AvgIpc) is 3.22. The Balaban J connectivity index is 1.79. The number of nitrogens with one attached hydrogen (secondary N) is 1. The van der Waals surface area contributed by atoms with Crippen molar-refractivity contribution in [3.8, 4) is 5.75 Å². The van der Waals surface area contributed by atoms with E-state index in [2.05, 4.69) is 26.2 Å². The number of hydrogen-bond acceptors (Lipinski definition) is 4. The Bertz CT molecular complexity index is 956. The standard InChI is InChI=1S/C20H17BrN2O2S/c1-20(18(25)23-19-22-8-9-26-19)11-13-4-7-15(24)10-16(13)17(20)12-2-5-14(21)6-3-12/h2-10,17,24H,11H2,1H3,(H,22,23,25)/t17-,20+/m0/s1. The summed E-state index contributed by atoms with van der Waals surface area (Å²) in [4.78, 5) is 17.4. The minimum atomic E-state index is -0.671. The van der Waals surface area contributed by atoms with Crippen LogP contribution >= 0.6 is 27.3 Å². The van der Waals surface area contributed by atoms with Crippen molar-refractivity contribution in [2.24, 2.45) is 5.41 Å². The molecule has 4 rings (SSSR count). The van der Waals surface area contributed by atoms with Gasteiger partial charge in [-0.3, -0.25) is 4.79 Å². The molecule has 132 valence electrons. The Morgan fingerprint density at radius 2 is 2.08 bits per heavy atom. The van der Waals surface area contributed by atoms with Crippen molar-refractivity contribution in [2.45, 2.75) is 19.3 Å². The Morgan fingerprint density at radius 1 is 1.31 bits per heavy atom. The molecule has 0 saturated carbocycles. The molecule has 0 fully saturated rings. The largest absolute Gasteiger partial charge is 0.508 e. The second kappa shape index (κ2) is 6.52. The number of rotatable bonds is 3. The summed E-state index contributed by atoms with van der Waals surface area (Å²) in [5, 5.41) is 15.4. The van der Waals surface area contributed by atoms with Crippen LogP contribution < -0.4 is 5.32 Å². The zero-order valence-corrected chi connectivity index (χ0v) is 16.5. The SMILES string of the molecule is C[C@@]1(C(=O)Nc2nccs2)Cc2ccc(O)cc2[C@@H]1c1ccc(Br)cc1. The highest BCUT2D eigenvalue weighted by molar-refractivity contribution is 9.10. The molecule has 0 bridgehead atoms. The van der Waals surface area contributed by atoms with Gasteiger partial charge >= 0.3 is 0 Å². The molecular formula is C20H17BrN2O2S. The summed E-state index contributed by atoms with van der Waals surface area (Å²) >= 11 is 4.87. The van der Waals surface area contributed by atoms with Gasteiger partial charge in [0.25, 0.3) is 0 Å². The quantitative estimate of drug-likeness (QED) is 0.620. The number of halogens is 1. The Labute approximate surface area is 164 Å². The third-order valence-electron chi connectivity index (χ3n) is 5.01. The topological polar surface area (TPSA) is 62.2 Å². The summed E-state index contributed by atoms with van der Waals surface area (Å²) in [6.45, 7) is 1.99. The number of hydrogen-bond donors (Lipinski definition) is 2. The van der Waals surface area contributed by atoms with Gasteiger partial charge < -0.3 is 10.4 Å². The summed E-state index contributed by atoms with van der Waals surface area (Å²) < 4.78 is 0.990. The lowest BCUT2D eigenvalue weighted by Crippen LogP contribution is -2.37. The predicted octanol–water partition coefficient (Wildman–Crippen LogP) is 4.94. The molecule has 0 radical (unpaired) electrons. The van der Waals surface area contributed by atoms with E-state index in [1.807, 2.05) is 42.6 Å². The Kier molecular flexibility index (Phi) is 4.32. The summed E-state index contributed by atoms with van der Waals surface area (Å²) in [6, 6.07) is 13.4. The van der Waals surface area contributed by atoms with Crippen LogP contribution in [0.1, 0.15) is 29.5 Å². The van der Waals surface area contributed by atoms with E-state index < -0.39 is 5.41 Å². The number of carbonyl (C=O) groups excluding carboxylic acids is 1. The highest BCUT2D eigenvalue weighted by Crippen LogP contribution is 2.52. The molecule has 0 aliphatic heterocycles. The Morgan fingerprint density at radius 3 is 2.77 bits per heavy atom. The van der Waals surface area contributed by atoms with E-state index in [0.717, 1.165) is 21.2 Å². The fourth-order valence-electron chi connectivity index (χ4n) is 3.79. The van der Waals surface area contributed by atoms with Gasteiger partial charge in [-0.2, -0.15) is 0 Å². The van der Waals surface area contributed by atoms with Gasteiger partial charge in [0, 0.05) is 22.0 Å². The van der Waals surface area contributed by atoms with Crippen molar-refractivity contribution >= 4 is 38.3 Å². The molecule has 3 aromatic rings. The van der Waals surface area contributed by atoms with Gasteiger partial charge in [0.1, 0.15) is 5.75 Å². The van der Waals surface area contributed by atoms with Gasteiger partial charge in [0.05, 0.1) is 5.41 Å². The van der Waals surface area contributed by atoms with Crippen LogP contribution in [0.25, 0.3) is 0 Å². The lowest BCUT2D eigenvalue weighted by atomic mass is 9.73. The van der Waals surface area contributed by atoms with E-state index in [0.29, 0.717) is 11.6 Å². The maximum atomic E-state index is 13.2. The normalized spacial score (nSPS) is 21.4. The van der Waals surface area contributed by atoms with Gasteiger partial charge in [-0.15, -0.1) is 11.3 Å². The van der Waals surface area contributed by atoms with Crippen LogP contribution in [0.15, 0.2) is 58.5 Å². The van der Waals surface area contributed by atoms with Crippen LogP contribution in [0.3, 0.4) is 0 Å². The zero-order valence-electron chi connectivity index (χ0n) is 14.1. The summed E-state index contributed by atoms with van der Waals surface area (Å²) in [5.74, 6) is 0.0177. The smallest absolute Gasteiger partial charge is 0.233 e. The minimum Gasteiger partial charge on any atom is -0.508 e. The van der Waals surface area contributed by atoms with Gasteiger partial charge in [0.15, 0.2) is 5.13 Å². The van der Waals surface area contributed by atoms with Crippen molar-refractivity contribution in [1.29, 1.82) is 0 Å². The van der Waals surface area contributed by atoms with E-state index in [1.165, 1.54) is 11.3 Å². The molecular weight excluding hydrogens is 412 g/mol. The van der Waals surface area contributed by atoms with Crippen LogP contribution in [-0.4, -0.2) is 16.0 Å². The van der Waals surface area contributed by atoms with Crippen LogP contribution in [0.5, 0.6) is 5.75 Å². The highest BCUT2D eigenvalue weighted by atomic mass is 79.9. The van der Waals surface area contributed by atoms with E-state index in [-0.39, 0.29) is 17.6 Å². The Hall–Kier alpha value is -2.18. The third kappa shape index (κ3) is 2.93. The van der Waals surface area contributed by atoms with E-state index in [1.54, 1.807) is 18.3 Å². The first-order valence-electron chi connectivity index (χ1n) is 8.25. The molecule has 0 unspecified atom stereocenters. The molecule has 26 heavy (non-hydrogen) atoms. The molecule has 1 aliphatic rings. The number of anilines is 1. The number of phenolic OH excluding ortho intramolecular Hbond substituents is 1. The van der Waals surface area contributed by atoms with Crippen molar-refractivity contribution in [3.05, 3.63) is 75.2 Å². The third-order valence-corrected chi connectivity index (χ3v) is 6.23. The van der Waals surface area contributed by atoms with Gasteiger partial charge in [-0.05, 0) is 54.3 Å². The number of nitrogens with zero attached hydrogens (tertiary/aromatic N) is 1. The second-order valence-corrected chi connectivity index (χ2v) is 8.56. The first kappa shape index (κ1) is 17.2. The summed E-state index contributed by atoms with van der Waals surface area (Å²) in [7, 11) is 0. The summed E-state index contributed by atoms with van der Waals surface area (Å²) in [5.41, 5.74) is 2.47. The lowest BCUT2D eigenvalue weighted by Gasteiger charge is -2.31. The molecule has 1 heterocycles. The molecule has 2 N–H and O–H groups in total. The number of aromatic hydroxyl groups is 1. The number of phenols is 1. The number of aromatic nitrogens is 1. The van der Waals surface area contributed by atoms with Crippen LogP contribution in [-0.2, 0) is 11.2 Å². The molecule has 4 nitrogen and oxygen atoms in total. The van der Waals surface area contributed by atoms with Gasteiger partial charge in [-0.25, -0.2) is 4.98 Å². The molecule has 2 atom stereocenters. The molecule has 6 heteroatoms. The van der Waals surface area contributed by atoms with Crippen molar-refractivity contribution in [1.82, 2.24) is 4.98 Å².